The fourth-order valence-electron chi connectivity index (χ4n) is 2.24. The average molecular weight is 314 g/mol. The van der Waals surface area contributed by atoms with E-state index in [0.717, 1.165) is 10.8 Å². The first-order chi connectivity index (χ1) is 9.76. The van der Waals surface area contributed by atoms with E-state index in [9.17, 15) is 0 Å². The zero-order valence-electron chi connectivity index (χ0n) is 12.8. The van der Waals surface area contributed by atoms with Crippen LogP contribution in [0.4, 0.5) is 0 Å². The quantitative estimate of drug-likeness (QED) is 0.411. The summed E-state index contributed by atoms with van der Waals surface area (Å²) < 4.78 is 0. The van der Waals surface area contributed by atoms with Gasteiger partial charge in [0.15, 0.2) is 0 Å². The third-order valence-electron chi connectivity index (χ3n) is 3.56. The molecule has 1 atom stereocenters. The second-order valence-electron chi connectivity index (χ2n) is 5.31. The first-order valence-corrected chi connectivity index (χ1v) is 9.18. The summed E-state index contributed by atoms with van der Waals surface area (Å²) in [6.07, 6.45) is 9.50. The molecular formula is C17H28ClNS. The lowest BCUT2D eigenvalue weighted by molar-refractivity contribution is 0.514. The summed E-state index contributed by atoms with van der Waals surface area (Å²) in [5, 5.41) is 4.26. The van der Waals surface area contributed by atoms with Gasteiger partial charge in [0, 0.05) is 21.7 Å². The molecule has 1 aromatic rings. The van der Waals surface area contributed by atoms with Gasteiger partial charge in [0.2, 0.25) is 0 Å². The molecule has 114 valence electrons. The molecule has 20 heavy (non-hydrogen) atoms. The van der Waals surface area contributed by atoms with Crippen LogP contribution in [0.3, 0.4) is 0 Å². The number of halogens is 1. The molecule has 1 rings (SSSR count). The predicted octanol–water partition coefficient (Wildman–Crippen LogP) is 5.77. The van der Waals surface area contributed by atoms with Crippen LogP contribution in [0.15, 0.2) is 29.2 Å². The lowest BCUT2D eigenvalue weighted by atomic mass is 10.1. The Labute approximate surface area is 133 Å². The van der Waals surface area contributed by atoms with Crippen LogP contribution in [0.1, 0.15) is 51.9 Å². The van der Waals surface area contributed by atoms with Gasteiger partial charge in [-0.15, -0.1) is 11.8 Å². The molecule has 0 bridgehead atoms. The highest BCUT2D eigenvalue weighted by molar-refractivity contribution is 7.99. The van der Waals surface area contributed by atoms with Crippen molar-refractivity contribution >= 4 is 23.4 Å². The number of benzene rings is 1. The van der Waals surface area contributed by atoms with Gasteiger partial charge in [-0.3, -0.25) is 0 Å². The largest absolute Gasteiger partial charge is 0.316 e. The van der Waals surface area contributed by atoms with Gasteiger partial charge in [-0.1, -0.05) is 63.1 Å². The van der Waals surface area contributed by atoms with Gasteiger partial charge in [-0.05, 0) is 31.7 Å². The van der Waals surface area contributed by atoms with Crippen LogP contribution in [0.2, 0.25) is 5.02 Å². The molecule has 3 heteroatoms. The highest BCUT2D eigenvalue weighted by Gasteiger charge is 2.06. The highest BCUT2D eigenvalue weighted by Crippen LogP contribution is 2.23. The predicted molar refractivity (Wildman–Crippen MR) is 93.0 cm³/mol. The van der Waals surface area contributed by atoms with E-state index < -0.39 is 0 Å². The maximum atomic E-state index is 6.01. The summed E-state index contributed by atoms with van der Waals surface area (Å²) in [6, 6.07) is 8.73. The summed E-state index contributed by atoms with van der Waals surface area (Å²) in [5.74, 6) is 1.12. The van der Waals surface area contributed by atoms with E-state index in [2.05, 4.69) is 25.4 Å². The van der Waals surface area contributed by atoms with E-state index in [1.54, 1.807) is 0 Å². The number of thioether (sulfide) groups is 1. The summed E-state index contributed by atoms with van der Waals surface area (Å²) >= 11 is 7.90. The second kappa shape index (κ2) is 11.5. The van der Waals surface area contributed by atoms with Crippen LogP contribution in [0.5, 0.6) is 0 Å². The molecule has 1 nitrogen and oxygen atoms in total. The Kier molecular flexibility index (Phi) is 10.3. The first kappa shape index (κ1) is 17.9. The zero-order chi connectivity index (χ0) is 14.6. The molecule has 0 aromatic heterocycles. The molecule has 0 aliphatic carbocycles. The van der Waals surface area contributed by atoms with Crippen molar-refractivity contribution in [3.63, 3.8) is 0 Å². The van der Waals surface area contributed by atoms with Crippen LogP contribution in [-0.4, -0.2) is 18.8 Å². The van der Waals surface area contributed by atoms with Gasteiger partial charge >= 0.3 is 0 Å². The molecule has 0 aliphatic rings. The third kappa shape index (κ3) is 8.18. The van der Waals surface area contributed by atoms with Crippen molar-refractivity contribution in [2.45, 2.75) is 62.8 Å². The van der Waals surface area contributed by atoms with Gasteiger partial charge in [0.05, 0.1) is 0 Å². The standard InChI is InChI=1S/C17H28ClNS/c1-3-4-5-6-7-8-11-16(19-2)14-20-17-12-9-10-15(18)13-17/h9-10,12-13,16,19H,3-8,11,14H2,1-2H3. The third-order valence-corrected chi connectivity index (χ3v) is 4.95. The van der Waals surface area contributed by atoms with Crippen molar-refractivity contribution in [1.29, 1.82) is 0 Å². The van der Waals surface area contributed by atoms with Gasteiger partial charge < -0.3 is 5.32 Å². The van der Waals surface area contributed by atoms with E-state index in [0.29, 0.717) is 6.04 Å². The smallest absolute Gasteiger partial charge is 0.0417 e. The minimum Gasteiger partial charge on any atom is -0.316 e. The molecule has 0 spiro atoms. The molecule has 1 N–H and O–H groups in total. The van der Waals surface area contributed by atoms with E-state index >= 15 is 0 Å². The monoisotopic (exact) mass is 313 g/mol. The number of unbranched alkanes of at least 4 members (excludes halogenated alkanes) is 5. The van der Waals surface area contributed by atoms with Crippen molar-refractivity contribution in [2.24, 2.45) is 0 Å². The fourth-order valence-corrected chi connectivity index (χ4v) is 3.60. The van der Waals surface area contributed by atoms with Crippen molar-refractivity contribution < 1.29 is 0 Å². The van der Waals surface area contributed by atoms with Gasteiger partial charge in [-0.25, -0.2) is 0 Å². The highest BCUT2D eigenvalue weighted by atomic mass is 35.5. The summed E-state index contributed by atoms with van der Waals surface area (Å²) in [4.78, 5) is 1.26. The minimum absolute atomic E-state index is 0.602. The molecule has 1 aromatic carbocycles. The number of hydrogen-bond donors (Lipinski definition) is 1. The summed E-state index contributed by atoms with van der Waals surface area (Å²) in [5.41, 5.74) is 0. The first-order valence-electron chi connectivity index (χ1n) is 7.82. The van der Waals surface area contributed by atoms with Gasteiger partial charge in [0.1, 0.15) is 0 Å². The van der Waals surface area contributed by atoms with E-state index in [1.807, 2.05) is 30.0 Å². The van der Waals surface area contributed by atoms with Crippen LogP contribution in [0, 0.1) is 0 Å². The van der Waals surface area contributed by atoms with Crippen LogP contribution >= 0.6 is 23.4 Å². The van der Waals surface area contributed by atoms with Crippen LogP contribution < -0.4 is 5.32 Å². The lowest BCUT2D eigenvalue weighted by Crippen LogP contribution is -2.27. The maximum absolute atomic E-state index is 6.01. The molecule has 0 saturated carbocycles. The lowest BCUT2D eigenvalue weighted by Gasteiger charge is -2.15. The molecular weight excluding hydrogens is 286 g/mol. The van der Waals surface area contributed by atoms with Gasteiger partial charge in [-0.2, -0.15) is 0 Å². The molecule has 0 fully saturated rings. The molecule has 1 unspecified atom stereocenters. The molecule has 0 heterocycles. The van der Waals surface area contributed by atoms with Crippen molar-refractivity contribution in [3.8, 4) is 0 Å². The molecule has 0 amide bonds. The number of rotatable bonds is 11. The number of nitrogens with one attached hydrogen (secondary N) is 1. The number of hydrogen-bond acceptors (Lipinski definition) is 2. The zero-order valence-corrected chi connectivity index (χ0v) is 14.4. The average Bonchev–Trinajstić information content (AvgIpc) is 2.46. The Bertz CT molecular complexity index is 357. The molecule has 0 aliphatic heterocycles. The Hall–Kier alpha value is -0.180. The second-order valence-corrected chi connectivity index (χ2v) is 6.84. The Balaban J connectivity index is 2.16. The van der Waals surface area contributed by atoms with Crippen molar-refractivity contribution in [3.05, 3.63) is 29.3 Å². The molecule has 0 saturated heterocycles. The van der Waals surface area contributed by atoms with E-state index in [1.165, 1.54) is 49.8 Å². The van der Waals surface area contributed by atoms with E-state index in [-0.39, 0.29) is 0 Å². The summed E-state index contributed by atoms with van der Waals surface area (Å²) in [7, 11) is 2.07. The SMILES string of the molecule is CCCCCCCCC(CSc1cccc(Cl)c1)NC. The van der Waals surface area contributed by atoms with Crippen LogP contribution in [-0.2, 0) is 0 Å². The van der Waals surface area contributed by atoms with Gasteiger partial charge in [0.25, 0.3) is 0 Å². The maximum Gasteiger partial charge on any atom is 0.0417 e. The topological polar surface area (TPSA) is 12.0 Å². The minimum atomic E-state index is 0.602. The normalized spacial score (nSPS) is 12.6. The Morgan fingerprint density at radius 1 is 1.15 bits per heavy atom. The fraction of sp³-hybridized carbons (Fsp3) is 0.647. The Morgan fingerprint density at radius 2 is 1.90 bits per heavy atom. The Morgan fingerprint density at radius 3 is 2.60 bits per heavy atom. The van der Waals surface area contributed by atoms with Crippen molar-refractivity contribution in [2.75, 3.05) is 12.8 Å². The molecule has 0 radical (unpaired) electrons. The summed E-state index contributed by atoms with van der Waals surface area (Å²) in [6.45, 7) is 2.27. The van der Waals surface area contributed by atoms with Crippen molar-refractivity contribution in [1.82, 2.24) is 5.32 Å². The van der Waals surface area contributed by atoms with E-state index in [4.69, 9.17) is 11.6 Å². The van der Waals surface area contributed by atoms with Crippen LogP contribution in [0.25, 0.3) is 0 Å².